The first-order chi connectivity index (χ1) is 12.6. The second kappa shape index (κ2) is 6.02. The van der Waals surface area contributed by atoms with Crippen molar-refractivity contribution in [1.82, 2.24) is 9.29 Å². The van der Waals surface area contributed by atoms with Crippen LogP contribution in [0.5, 0.6) is 0 Å². The molecule has 3 saturated carbocycles. The summed E-state index contributed by atoms with van der Waals surface area (Å²) in [6.45, 7) is 0. The lowest BCUT2D eigenvalue weighted by atomic mass is 9.50. The van der Waals surface area contributed by atoms with Crippen molar-refractivity contribution in [1.29, 1.82) is 0 Å². The van der Waals surface area contributed by atoms with Crippen LogP contribution >= 0.6 is 11.6 Å². The topological polar surface area (TPSA) is 80.2 Å². The maximum Gasteiger partial charge on any atom is 0.272 e. The van der Waals surface area contributed by atoms with Crippen molar-refractivity contribution >= 4 is 33.2 Å². The van der Waals surface area contributed by atoms with Crippen molar-refractivity contribution in [2.24, 2.45) is 13.0 Å². The second-order valence-corrected chi connectivity index (χ2v) is 9.33. The van der Waals surface area contributed by atoms with E-state index in [9.17, 15) is 22.0 Å². The molecule has 0 atom stereocenters. The van der Waals surface area contributed by atoms with Gasteiger partial charge in [0.25, 0.3) is 5.91 Å². The van der Waals surface area contributed by atoms with Gasteiger partial charge >= 0.3 is 0 Å². The van der Waals surface area contributed by atoms with Gasteiger partial charge < -0.3 is 9.88 Å². The third kappa shape index (κ3) is 3.13. The summed E-state index contributed by atoms with van der Waals surface area (Å²) in [7, 11) is -2.23. The second-order valence-electron chi connectivity index (χ2n) is 7.24. The van der Waals surface area contributed by atoms with E-state index >= 15 is 0 Å². The summed E-state index contributed by atoms with van der Waals surface area (Å²) < 4.78 is 55.9. The number of sulfonamides is 1. The zero-order chi connectivity index (χ0) is 19.6. The molecule has 5 rings (SSSR count). The molecule has 1 aromatic carbocycles. The van der Waals surface area contributed by atoms with E-state index in [0.29, 0.717) is 5.92 Å². The Morgan fingerprint density at radius 2 is 1.93 bits per heavy atom. The third-order valence-electron chi connectivity index (χ3n) is 5.15. The molecule has 1 heterocycles. The number of nitrogens with one attached hydrogen (secondary N) is 2. The number of hydrogen-bond acceptors (Lipinski definition) is 3. The molecule has 27 heavy (non-hydrogen) atoms. The van der Waals surface area contributed by atoms with Crippen molar-refractivity contribution in [3.8, 4) is 0 Å². The molecule has 0 aliphatic heterocycles. The highest BCUT2D eigenvalue weighted by Gasteiger charge is 2.58. The molecule has 0 saturated heterocycles. The Labute approximate surface area is 159 Å². The van der Waals surface area contributed by atoms with Crippen LogP contribution in [0.3, 0.4) is 0 Å². The van der Waals surface area contributed by atoms with Crippen LogP contribution in [0.15, 0.2) is 29.3 Å². The molecule has 3 aliphatic rings. The maximum absolute atomic E-state index is 13.4. The van der Waals surface area contributed by atoms with E-state index in [1.165, 1.54) is 23.9 Å². The van der Waals surface area contributed by atoms with Crippen molar-refractivity contribution < 1.29 is 22.0 Å². The summed E-state index contributed by atoms with van der Waals surface area (Å²) in [5.41, 5.74) is -0.320. The number of anilines is 1. The molecule has 3 aliphatic carbocycles. The summed E-state index contributed by atoms with van der Waals surface area (Å²) in [5, 5.41) is 1.92. The fraction of sp³-hybridized carbons (Fsp3) is 0.353. The Kier molecular flexibility index (Phi) is 4.10. The van der Waals surface area contributed by atoms with Crippen LogP contribution in [-0.2, 0) is 17.1 Å². The number of halogens is 3. The van der Waals surface area contributed by atoms with Gasteiger partial charge in [0.1, 0.15) is 10.6 Å². The quantitative estimate of drug-likeness (QED) is 0.736. The average molecular weight is 416 g/mol. The summed E-state index contributed by atoms with van der Waals surface area (Å²) >= 11 is 5.57. The molecule has 2 N–H and O–H groups in total. The van der Waals surface area contributed by atoms with Gasteiger partial charge in [-0.25, -0.2) is 21.9 Å². The van der Waals surface area contributed by atoms with Gasteiger partial charge in [-0.05, 0) is 37.3 Å². The summed E-state index contributed by atoms with van der Waals surface area (Å²) in [6, 6.07) is 3.11. The molecule has 2 bridgehead atoms. The molecule has 0 radical (unpaired) electrons. The Morgan fingerprint density at radius 3 is 2.48 bits per heavy atom. The van der Waals surface area contributed by atoms with Gasteiger partial charge in [0.2, 0.25) is 10.0 Å². The number of amides is 1. The monoisotopic (exact) mass is 415 g/mol. The molecular formula is C17H16ClF2N3O3S. The molecule has 0 spiro atoms. The fourth-order valence-electron chi connectivity index (χ4n) is 3.68. The van der Waals surface area contributed by atoms with E-state index < -0.39 is 32.6 Å². The minimum atomic E-state index is -3.75. The summed E-state index contributed by atoms with van der Waals surface area (Å²) in [5.74, 6) is -2.46. The highest BCUT2D eigenvalue weighted by atomic mass is 35.5. The number of aryl methyl sites for hydroxylation is 1. The minimum Gasteiger partial charge on any atom is -0.345 e. The van der Waals surface area contributed by atoms with Crippen LogP contribution in [0.1, 0.15) is 29.8 Å². The highest BCUT2D eigenvalue weighted by Crippen LogP contribution is 2.57. The predicted molar refractivity (Wildman–Crippen MR) is 95.1 cm³/mol. The average Bonchev–Trinajstić information content (AvgIpc) is 2.90. The third-order valence-corrected chi connectivity index (χ3v) is 6.97. The van der Waals surface area contributed by atoms with E-state index in [1.54, 1.807) is 0 Å². The molecular weight excluding hydrogens is 400 g/mol. The van der Waals surface area contributed by atoms with E-state index in [0.717, 1.165) is 31.4 Å². The van der Waals surface area contributed by atoms with E-state index in [1.807, 2.05) is 0 Å². The van der Waals surface area contributed by atoms with Gasteiger partial charge in [-0.3, -0.25) is 4.79 Å². The van der Waals surface area contributed by atoms with Gasteiger partial charge in [0.05, 0.1) is 5.02 Å². The van der Waals surface area contributed by atoms with Crippen LogP contribution < -0.4 is 10.0 Å². The first-order valence-electron chi connectivity index (χ1n) is 8.25. The number of aromatic nitrogens is 1. The molecule has 0 unspecified atom stereocenters. The van der Waals surface area contributed by atoms with E-state index in [-0.39, 0.29) is 21.8 Å². The lowest BCUT2D eigenvalue weighted by Crippen LogP contribution is -2.67. The zero-order valence-electron chi connectivity index (χ0n) is 14.2. The van der Waals surface area contributed by atoms with Crippen LogP contribution in [0.4, 0.5) is 14.5 Å². The van der Waals surface area contributed by atoms with Crippen LogP contribution in [0, 0.1) is 17.6 Å². The molecule has 2 aromatic rings. The molecule has 10 heteroatoms. The van der Waals surface area contributed by atoms with Crippen LogP contribution in [-0.4, -0.2) is 24.4 Å². The maximum atomic E-state index is 13.4. The van der Waals surface area contributed by atoms with Crippen LogP contribution in [0.2, 0.25) is 5.02 Å². The van der Waals surface area contributed by atoms with Gasteiger partial charge in [-0.2, -0.15) is 0 Å². The predicted octanol–water partition coefficient (Wildman–Crippen LogP) is 3.04. The van der Waals surface area contributed by atoms with Gasteiger partial charge in [-0.1, -0.05) is 11.6 Å². The zero-order valence-corrected chi connectivity index (χ0v) is 15.8. The van der Waals surface area contributed by atoms with Crippen molar-refractivity contribution in [2.75, 3.05) is 5.32 Å². The molecule has 144 valence electrons. The molecule has 3 fully saturated rings. The van der Waals surface area contributed by atoms with Gasteiger partial charge in [0, 0.05) is 30.5 Å². The Hall–Kier alpha value is -1.97. The smallest absolute Gasteiger partial charge is 0.272 e. The number of nitrogens with zero attached hydrogens (tertiary/aromatic N) is 1. The standard InChI is InChI=1S/C17H16ClF2N3O3S/c1-23-8-11(27(25,26)22-17-5-9(6-17)7-17)4-14(23)16(24)21-10-2-12(18)15(20)13(19)3-10/h2-4,8-9,22H,5-7H2,1H3,(H,21,24). The SMILES string of the molecule is Cn1cc(S(=O)(=O)NC23CC(C2)C3)cc1C(=O)Nc1cc(F)c(F)c(Cl)c1. The van der Waals surface area contributed by atoms with Crippen molar-refractivity contribution in [2.45, 2.75) is 29.7 Å². The number of carbonyl (C=O) groups excluding carboxylic acids is 1. The molecule has 1 amide bonds. The Bertz CT molecular complexity index is 1030. The van der Waals surface area contributed by atoms with E-state index in [2.05, 4.69) is 10.0 Å². The first kappa shape index (κ1) is 18.4. The van der Waals surface area contributed by atoms with E-state index in [4.69, 9.17) is 11.6 Å². The van der Waals surface area contributed by atoms with Crippen molar-refractivity contribution in [3.05, 3.63) is 46.7 Å². The normalized spacial score (nSPS) is 23.5. The number of carbonyl (C=O) groups is 1. The first-order valence-corrected chi connectivity index (χ1v) is 10.1. The summed E-state index contributed by atoms with van der Waals surface area (Å²) in [6.07, 6.45) is 3.89. The lowest BCUT2D eigenvalue weighted by Gasteiger charge is -2.61. The van der Waals surface area contributed by atoms with Crippen LogP contribution in [0.25, 0.3) is 0 Å². The Balaban J connectivity index is 1.55. The summed E-state index contributed by atoms with van der Waals surface area (Å²) in [4.78, 5) is 12.4. The number of hydrogen-bond donors (Lipinski definition) is 2. The number of benzene rings is 1. The Morgan fingerprint density at radius 1 is 1.26 bits per heavy atom. The van der Waals surface area contributed by atoms with Gasteiger partial charge in [0.15, 0.2) is 11.6 Å². The minimum absolute atomic E-state index is 0.0248. The molecule has 6 nitrogen and oxygen atoms in total. The molecule has 1 aromatic heterocycles. The van der Waals surface area contributed by atoms with Crippen molar-refractivity contribution in [3.63, 3.8) is 0 Å². The van der Waals surface area contributed by atoms with Gasteiger partial charge in [-0.15, -0.1) is 0 Å². The fourth-order valence-corrected chi connectivity index (χ4v) is 5.39. The highest BCUT2D eigenvalue weighted by molar-refractivity contribution is 7.89. The lowest BCUT2D eigenvalue weighted by molar-refractivity contribution is -0.0317. The largest absolute Gasteiger partial charge is 0.345 e. The number of rotatable bonds is 5.